The van der Waals surface area contributed by atoms with Crippen LogP contribution in [0.1, 0.15) is 24.4 Å². The minimum atomic E-state index is -0.247. The normalized spacial score (nSPS) is 12.5. The fraction of sp³-hybridized carbons (Fsp3) is 0.263. The maximum atomic E-state index is 13.3. The van der Waals surface area contributed by atoms with Crippen molar-refractivity contribution in [2.45, 2.75) is 23.9 Å². The summed E-state index contributed by atoms with van der Waals surface area (Å²) in [6.07, 6.45) is 0. The molecule has 0 aliphatic rings. The van der Waals surface area contributed by atoms with Crippen LogP contribution in [-0.2, 0) is 5.75 Å². The van der Waals surface area contributed by atoms with Crippen molar-refractivity contribution in [3.63, 3.8) is 0 Å². The topological polar surface area (TPSA) is 35.1 Å². The fourth-order valence-electron chi connectivity index (χ4n) is 2.47. The van der Waals surface area contributed by atoms with Gasteiger partial charge in [0.15, 0.2) is 11.0 Å². The molecule has 0 amide bonds. The Kier molecular flexibility index (Phi) is 5.50. The number of halogens is 1. The molecule has 1 aromatic heterocycles. The number of hydrogen-bond donors (Lipinski definition) is 1. The van der Waals surface area contributed by atoms with Crippen molar-refractivity contribution in [3.8, 4) is 5.69 Å². The van der Waals surface area contributed by atoms with Gasteiger partial charge < -0.3 is 4.90 Å². The van der Waals surface area contributed by atoms with E-state index in [-0.39, 0.29) is 11.9 Å². The van der Waals surface area contributed by atoms with Gasteiger partial charge in [0.2, 0.25) is 0 Å². The molecule has 0 fully saturated rings. The predicted molar refractivity (Wildman–Crippen MR) is 98.5 cm³/mol. The number of quaternary nitrogens is 1. The molecule has 1 heterocycles. The van der Waals surface area contributed by atoms with Crippen molar-refractivity contribution < 1.29 is 9.29 Å². The zero-order chi connectivity index (χ0) is 17.8. The number of hydrogen-bond acceptors (Lipinski definition) is 3. The molecule has 25 heavy (non-hydrogen) atoms. The van der Waals surface area contributed by atoms with Crippen LogP contribution in [0.2, 0.25) is 0 Å². The van der Waals surface area contributed by atoms with Crippen molar-refractivity contribution in [1.29, 1.82) is 0 Å². The first kappa shape index (κ1) is 17.6. The maximum absolute atomic E-state index is 13.3. The van der Waals surface area contributed by atoms with Crippen LogP contribution in [0.15, 0.2) is 59.8 Å². The Morgan fingerprint density at radius 2 is 1.72 bits per heavy atom. The second-order valence-corrected chi connectivity index (χ2v) is 7.17. The molecule has 0 aliphatic carbocycles. The molecule has 3 aromatic rings. The van der Waals surface area contributed by atoms with E-state index >= 15 is 0 Å². The SMILES string of the molecule is C[C@@H](c1nnc(SCc2ccccc2)n1-c1ccc(F)cc1)[NH+](C)C. The van der Waals surface area contributed by atoms with Gasteiger partial charge in [0, 0.05) is 11.4 Å². The number of nitrogens with one attached hydrogen (secondary N) is 1. The lowest BCUT2D eigenvalue weighted by molar-refractivity contribution is -0.890. The van der Waals surface area contributed by atoms with Gasteiger partial charge in [-0.2, -0.15) is 0 Å². The lowest BCUT2D eigenvalue weighted by Gasteiger charge is -2.18. The maximum Gasteiger partial charge on any atom is 0.196 e. The Morgan fingerprint density at radius 1 is 1.04 bits per heavy atom. The van der Waals surface area contributed by atoms with Gasteiger partial charge in [-0.15, -0.1) is 10.2 Å². The van der Waals surface area contributed by atoms with Crippen LogP contribution < -0.4 is 4.90 Å². The zero-order valence-electron chi connectivity index (χ0n) is 14.6. The standard InChI is InChI=1S/C19H21FN4S/c1-14(23(2)3)18-21-22-19(25-13-15-7-5-4-6-8-15)24(18)17-11-9-16(20)10-12-17/h4-12,14H,13H2,1-3H3/p+1/t14-/m0/s1. The Balaban J connectivity index is 1.95. The molecule has 0 unspecified atom stereocenters. The highest BCUT2D eigenvalue weighted by atomic mass is 32.2. The molecule has 1 atom stereocenters. The second kappa shape index (κ2) is 7.80. The van der Waals surface area contributed by atoms with Crippen LogP contribution in [0.5, 0.6) is 0 Å². The van der Waals surface area contributed by atoms with E-state index in [1.807, 2.05) is 22.8 Å². The Labute approximate surface area is 151 Å². The number of thioether (sulfide) groups is 1. The molecule has 4 nitrogen and oxygen atoms in total. The Morgan fingerprint density at radius 3 is 2.36 bits per heavy atom. The molecule has 2 aromatic carbocycles. The van der Waals surface area contributed by atoms with Crippen molar-refractivity contribution in [3.05, 3.63) is 71.8 Å². The highest BCUT2D eigenvalue weighted by Gasteiger charge is 2.23. The van der Waals surface area contributed by atoms with E-state index < -0.39 is 0 Å². The van der Waals surface area contributed by atoms with E-state index in [4.69, 9.17) is 0 Å². The van der Waals surface area contributed by atoms with E-state index in [2.05, 4.69) is 43.3 Å². The fourth-order valence-corrected chi connectivity index (χ4v) is 3.38. The third kappa shape index (κ3) is 4.08. The van der Waals surface area contributed by atoms with Crippen molar-refractivity contribution >= 4 is 11.8 Å². The van der Waals surface area contributed by atoms with Gasteiger partial charge in [0.05, 0.1) is 14.1 Å². The monoisotopic (exact) mass is 357 g/mol. The lowest BCUT2D eigenvalue weighted by atomic mass is 10.2. The molecule has 0 saturated heterocycles. The van der Waals surface area contributed by atoms with E-state index in [0.717, 1.165) is 22.4 Å². The lowest BCUT2D eigenvalue weighted by Crippen LogP contribution is -3.05. The molecule has 0 spiro atoms. The largest absolute Gasteiger partial charge is 0.331 e. The van der Waals surface area contributed by atoms with Crippen LogP contribution in [0.25, 0.3) is 5.69 Å². The summed E-state index contributed by atoms with van der Waals surface area (Å²) < 4.78 is 15.4. The van der Waals surface area contributed by atoms with E-state index in [9.17, 15) is 4.39 Å². The minimum absolute atomic E-state index is 0.170. The van der Waals surface area contributed by atoms with Gasteiger partial charge >= 0.3 is 0 Å². The summed E-state index contributed by atoms with van der Waals surface area (Å²) >= 11 is 1.64. The number of benzene rings is 2. The minimum Gasteiger partial charge on any atom is -0.331 e. The van der Waals surface area contributed by atoms with Crippen LogP contribution in [0.4, 0.5) is 4.39 Å². The summed E-state index contributed by atoms with van der Waals surface area (Å²) in [5.74, 6) is 1.44. The zero-order valence-corrected chi connectivity index (χ0v) is 15.4. The van der Waals surface area contributed by atoms with Crippen molar-refractivity contribution in [1.82, 2.24) is 14.8 Å². The molecule has 3 rings (SSSR count). The first-order valence-electron chi connectivity index (χ1n) is 8.24. The number of aromatic nitrogens is 3. The van der Waals surface area contributed by atoms with Gasteiger partial charge in [-0.25, -0.2) is 4.39 Å². The number of rotatable bonds is 6. The summed E-state index contributed by atoms with van der Waals surface area (Å²) in [4.78, 5) is 1.26. The van der Waals surface area contributed by atoms with Crippen LogP contribution in [0.3, 0.4) is 0 Å². The number of nitrogens with zero attached hydrogens (tertiary/aromatic N) is 3. The van der Waals surface area contributed by atoms with Crippen molar-refractivity contribution in [2.24, 2.45) is 0 Å². The van der Waals surface area contributed by atoms with E-state index in [0.29, 0.717) is 0 Å². The highest BCUT2D eigenvalue weighted by Crippen LogP contribution is 2.27. The average molecular weight is 357 g/mol. The Bertz CT molecular complexity index is 815. The second-order valence-electron chi connectivity index (χ2n) is 6.23. The molecule has 1 N–H and O–H groups in total. The smallest absolute Gasteiger partial charge is 0.196 e. The molecule has 130 valence electrons. The summed E-state index contributed by atoms with van der Waals surface area (Å²) in [5, 5.41) is 9.65. The van der Waals surface area contributed by atoms with Gasteiger partial charge in [-0.1, -0.05) is 42.1 Å². The third-order valence-corrected chi connectivity index (χ3v) is 5.21. The first-order valence-corrected chi connectivity index (χ1v) is 9.23. The molecule has 0 radical (unpaired) electrons. The molecule has 0 bridgehead atoms. The summed E-state index contributed by atoms with van der Waals surface area (Å²) in [7, 11) is 4.18. The van der Waals surface area contributed by atoms with Gasteiger partial charge in [0.1, 0.15) is 11.9 Å². The highest BCUT2D eigenvalue weighted by molar-refractivity contribution is 7.98. The Hall–Kier alpha value is -2.18. The average Bonchev–Trinajstić information content (AvgIpc) is 3.04. The summed E-state index contributed by atoms with van der Waals surface area (Å²) in [6, 6.07) is 16.9. The molecule has 0 saturated carbocycles. The van der Waals surface area contributed by atoms with Crippen LogP contribution >= 0.6 is 11.8 Å². The molecule has 6 heteroatoms. The first-order chi connectivity index (χ1) is 12.1. The molecular weight excluding hydrogens is 335 g/mol. The molecule has 0 aliphatic heterocycles. The van der Waals surface area contributed by atoms with Crippen LogP contribution in [-0.4, -0.2) is 28.9 Å². The predicted octanol–water partition coefficient (Wildman–Crippen LogP) is 2.90. The third-order valence-electron chi connectivity index (χ3n) is 4.21. The summed E-state index contributed by atoms with van der Waals surface area (Å²) in [5.41, 5.74) is 2.11. The quantitative estimate of drug-likeness (QED) is 0.689. The summed E-state index contributed by atoms with van der Waals surface area (Å²) in [6.45, 7) is 2.12. The van der Waals surface area contributed by atoms with Gasteiger partial charge in [-0.3, -0.25) is 4.57 Å². The van der Waals surface area contributed by atoms with E-state index in [1.54, 1.807) is 23.9 Å². The van der Waals surface area contributed by atoms with E-state index in [1.165, 1.54) is 22.6 Å². The van der Waals surface area contributed by atoms with Gasteiger partial charge in [0.25, 0.3) is 0 Å². The van der Waals surface area contributed by atoms with Crippen LogP contribution in [0, 0.1) is 5.82 Å². The van der Waals surface area contributed by atoms with Gasteiger partial charge in [-0.05, 0) is 36.8 Å². The van der Waals surface area contributed by atoms with Crippen molar-refractivity contribution in [2.75, 3.05) is 14.1 Å². The molecular formula is C19H22FN4S+.